The molecule has 1 atom stereocenters. The molecule has 0 bridgehead atoms. The monoisotopic (exact) mass is 265 g/mol. The molecular weight excluding hydrogens is 242 g/mol. The Morgan fingerprint density at radius 1 is 1.47 bits per heavy atom. The molecule has 1 aromatic heterocycles. The van der Waals surface area contributed by atoms with Gasteiger partial charge in [-0.05, 0) is 31.9 Å². The molecule has 0 saturated carbocycles. The maximum absolute atomic E-state index is 11.0. The van der Waals surface area contributed by atoms with Crippen LogP contribution < -0.4 is 10.6 Å². The Balaban J connectivity index is 3.12. The molecule has 0 radical (unpaired) electrons. The molecule has 0 aliphatic rings. The number of carbonyl (C=O) groups is 1. The molecule has 106 valence electrons. The summed E-state index contributed by atoms with van der Waals surface area (Å²) in [7, 11) is 0. The Hall–Kier alpha value is -1.78. The topological polar surface area (TPSA) is 79.5 Å². The molecule has 5 nitrogen and oxygen atoms in total. The first-order valence-electron chi connectivity index (χ1n) is 6.77. The molecule has 0 spiro atoms. The van der Waals surface area contributed by atoms with Crippen molar-refractivity contribution in [2.45, 2.75) is 46.1 Å². The number of hydrogen-bond acceptors (Lipinski definition) is 4. The number of aromatic nitrogens is 1. The molecule has 5 heteroatoms. The molecule has 1 unspecified atom stereocenters. The van der Waals surface area contributed by atoms with Crippen molar-refractivity contribution in [3.63, 3.8) is 0 Å². The largest absolute Gasteiger partial charge is 0.477 e. The lowest BCUT2D eigenvalue weighted by Crippen LogP contribution is -2.35. The Labute approximate surface area is 114 Å². The molecule has 0 fully saturated rings. The summed E-state index contributed by atoms with van der Waals surface area (Å²) in [6.45, 7) is 7.16. The van der Waals surface area contributed by atoms with Crippen molar-refractivity contribution in [1.29, 1.82) is 0 Å². The number of carboxylic acid groups (broad SMARTS) is 1. The third kappa shape index (κ3) is 3.84. The van der Waals surface area contributed by atoms with Gasteiger partial charge in [0.15, 0.2) is 11.5 Å². The van der Waals surface area contributed by atoms with Crippen LogP contribution in [0, 0.1) is 0 Å². The van der Waals surface area contributed by atoms with Crippen LogP contribution in [0.5, 0.6) is 0 Å². The number of nitrogens with zero attached hydrogens (tertiary/aromatic N) is 2. The van der Waals surface area contributed by atoms with Gasteiger partial charge in [0.2, 0.25) is 0 Å². The van der Waals surface area contributed by atoms with E-state index >= 15 is 0 Å². The summed E-state index contributed by atoms with van der Waals surface area (Å²) in [6, 6.07) is 3.34. The van der Waals surface area contributed by atoms with Crippen molar-refractivity contribution in [1.82, 2.24) is 4.98 Å². The van der Waals surface area contributed by atoms with E-state index in [1.807, 2.05) is 0 Å². The number of aromatic carboxylic acids is 1. The van der Waals surface area contributed by atoms with Crippen molar-refractivity contribution in [3.8, 4) is 0 Å². The number of nitrogens with two attached hydrogens (primary N) is 1. The number of anilines is 2. The van der Waals surface area contributed by atoms with Gasteiger partial charge in [-0.25, -0.2) is 9.78 Å². The fourth-order valence-electron chi connectivity index (χ4n) is 1.89. The van der Waals surface area contributed by atoms with E-state index in [0.717, 1.165) is 25.8 Å². The number of unbranched alkanes of at least 4 members (excludes halogenated alkanes) is 1. The molecule has 0 aliphatic carbocycles. The van der Waals surface area contributed by atoms with Gasteiger partial charge in [0.25, 0.3) is 0 Å². The zero-order valence-corrected chi connectivity index (χ0v) is 11.9. The predicted octanol–water partition coefficient (Wildman–Crippen LogP) is 2.77. The van der Waals surface area contributed by atoms with Gasteiger partial charge in [0, 0.05) is 12.6 Å². The average molecular weight is 265 g/mol. The minimum atomic E-state index is -1.03. The van der Waals surface area contributed by atoms with E-state index in [2.05, 4.69) is 30.7 Å². The van der Waals surface area contributed by atoms with Gasteiger partial charge in [-0.15, -0.1) is 0 Å². The molecule has 0 saturated heterocycles. The van der Waals surface area contributed by atoms with Crippen molar-refractivity contribution < 1.29 is 9.90 Å². The van der Waals surface area contributed by atoms with Gasteiger partial charge in [0.1, 0.15) is 0 Å². The van der Waals surface area contributed by atoms with Crippen LogP contribution in [-0.2, 0) is 0 Å². The first-order valence-corrected chi connectivity index (χ1v) is 6.77. The van der Waals surface area contributed by atoms with Crippen LogP contribution in [-0.4, -0.2) is 28.6 Å². The molecular formula is C14H23N3O2. The molecule has 1 rings (SSSR count). The Morgan fingerprint density at radius 3 is 2.68 bits per heavy atom. The highest BCUT2D eigenvalue weighted by molar-refractivity contribution is 5.87. The Morgan fingerprint density at radius 2 is 2.16 bits per heavy atom. The average Bonchev–Trinajstić information content (AvgIpc) is 2.40. The molecule has 0 aromatic carbocycles. The summed E-state index contributed by atoms with van der Waals surface area (Å²) in [5.41, 5.74) is 6.52. The van der Waals surface area contributed by atoms with E-state index in [1.54, 1.807) is 6.07 Å². The highest BCUT2D eigenvalue weighted by Gasteiger charge is 2.18. The third-order valence-electron chi connectivity index (χ3n) is 3.27. The third-order valence-corrected chi connectivity index (χ3v) is 3.27. The van der Waals surface area contributed by atoms with E-state index in [9.17, 15) is 4.79 Å². The molecule has 0 amide bonds. The van der Waals surface area contributed by atoms with Crippen LogP contribution >= 0.6 is 0 Å². The maximum Gasteiger partial charge on any atom is 0.354 e. The summed E-state index contributed by atoms with van der Waals surface area (Å²) >= 11 is 0. The van der Waals surface area contributed by atoms with E-state index < -0.39 is 5.97 Å². The van der Waals surface area contributed by atoms with E-state index in [-0.39, 0.29) is 11.7 Å². The quantitative estimate of drug-likeness (QED) is 0.792. The standard InChI is InChI=1S/C14H23N3O2/c1-4-6-9-17(10(3)5-2)13-11(15)7-8-12(16-13)14(18)19/h7-8,10H,4-6,9,15H2,1-3H3,(H,18,19). The fraction of sp³-hybridized carbons (Fsp3) is 0.571. The van der Waals surface area contributed by atoms with Crippen molar-refractivity contribution in [2.75, 3.05) is 17.2 Å². The minimum absolute atomic E-state index is 0.0361. The normalized spacial score (nSPS) is 12.2. The first kappa shape index (κ1) is 15.3. The minimum Gasteiger partial charge on any atom is -0.477 e. The summed E-state index contributed by atoms with van der Waals surface area (Å²) in [5.74, 6) is -0.441. The molecule has 1 aromatic rings. The molecule has 19 heavy (non-hydrogen) atoms. The lowest BCUT2D eigenvalue weighted by atomic mass is 10.2. The summed E-state index contributed by atoms with van der Waals surface area (Å²) in [5, 5.41) is 9.03. The van der Waals surface area contributed by atoms with Crippen LogP contribution in [0.2, 0.25) is 0 Å². The van der Waals surface area contributed by atoms with E-state index in [1.165, 1.54) is 6.07 Å². The lowest BCUT2D eigenvalue weighted by Gasteiger charge is -2.30. The summed E-state index contributed by atoms with van der Waals surface area (Å²) < 4.78 is 0. The van der Waals surface area contributed by atoms with Gasteiger partial charge < -0.3 is 15.7 Å². The number of pyridine rings is 1. The smallest absolute Gasteiger partial charge is 0.354 e. The lowest BCUT2D eigenvalue weighted by molar-refractivity contribution is 0.0690. The van der Waals surface area contributed by atoms with Crippen LogP contribution in [0.25, 0.3) is 0 Å². The summed E-state index contributed by atoms with van der Waals surface area (Å²) in [6.07, 6.45) is 3.07. The van der Waals surface area contributed by atoms with Crippen LogP contribution in [0.15, 0.2) is 12.1 Å². The summed E-state index contributed by atoms with van der Waals surface area (Å²) in [4.78, 5) is 17.3. The van der Waals surface area contributed by atoms with Gasteiger partial charge in [-0.3, -0.25) is 0 Å². The second-order valence-electron chi connectivity index (χ2n) is 4.72. The van der Waals surface area contributed by atoms with Gasteiger partial charge in [0.05, 0.1) is 5.69 Å². The number of hydrogen-bond donors (Lipinski definition) is 2. The van der Waals surface area contributed by atoms with Gasteiger partial charge in [-0.2, -0.15) is 0 Å². The second kappa shape index (κ2) is 6.97. The zero-order chi connectivity index (χ0) is 14.4. The first-order chi connectivity index (χ1) is 9.01. The highest BCUT2D eigenvalue weighted by atomic mass is 16.4. The van der Waals surface area contributed by atoms with Crippen molar-refractivity contribution in [3.05, 3.63) is 17.8 Å². The highest BCUT2D eigenvalue weighted by Crippen LogP contribution is 2.24. The second-order valence-corrected chi connectivity index (χ2v) is 4.72. The zero-order valence-electron chi connectivity index (χ0n) is 11.9. The predicted molar refractivity (Wildman–Crippen MR) is 77.6 cm³/mol. The van der Waals surface area contributed by atoms with Crippen LogP contribution in [0.4, 0.5) is 11.5 Å². The SMILES string of the molecule is CCCCN(c1nc(C(=O)O)ccc1N)C(C)CC. The molecule has 3 N–H and O–H groups in total. The number of rotatable bonds is 7. The van der Waals surface area contributed by atoms with Crippen molar-refractivity contribution >= 4 is 17.5 Å². The van der Waals surface area contributed by atoms with Crippen LogP contribution in [0.3, 0.4) is 0 Å². The van der Waals surface area contributed by atoms with Crippen LogP contribution in [0.1, 0.15) is 50.5 Å². The van der Waals surface area contributed by atoms with Crippen molar-refractivity contribution in [2.24, 2.45) is 0 Å². The number of carboxylic acids is 1. The fourth-order valence-corrected chi connectivity index (χ4v) is 1.89. The van der Waals surface area contributed by atoms with E-state index in [0.29, 0.717) is 11.5 Å². The number of nitrogen functional groups attached to an aromatic ring is 1. The van der Waals surface area contributed by atoms with Gasteiger partial charge >= 0.3 is 5.97 Å². The maximum atomic E-state index is 11.0. The Kier molecular flexibility index (Phi) is 5.60. The molecule has 0 aliphatic heterocycles. The van der Waals surface area contributed by atoms with Gasteiger partial charge in [-0.1, -0.05) is 20.3 Å². The van der Waals surface area contributed by atoms with E-state index in [4.69, 9.17) is 10.8 Å². The molecule has 1 heterocycles. The Bertz CT molecular complexity index is 435.